The molecule has 0 spiro atoms. The maximum Gasteiger partial charge on any atom is 0.131 e. The number of anilines is 1. The summed E-state index contributed by atoms with van der Waals surface area (Å²) in [5, 5.41) is 4.48. The Hall–Kier alpha value is -1.07. The molecule has 1 aromatic rings. The van der Waals surface area contributed by atoms with Gasteiger partial charge in [0.05, 0.1) is 11.8 Å². The van der Waals surface area contributed by atoms with Gasteiger partial charge in [0.1, 0.15) is 5.82 Å². The van der Waals surface area contributed by atoms with Crippen molar-refractivity contribution in [2.24, 2.45) is 12.8 Å². The van der Waals surface area contributed by atoms with Crippen molar-refractivity contribution in [3.05, 3.63) is 11.3 Å². The summed E-state index contributed by atoms with van der Waals surface area (Å²) >= 11 is 0. The first-order valence-corrected chi connectivity index (χ1v) is 6.76. The maximum absolute atomic E-state index is 5.85. The quantitative estimate of drug-likeness (QED) is 0.874. The summed E-state index contributed by atoms with van der Waals surface area (Å²) in [5.74, 6) is 1.17. The number of hydrogen-bond donors (Lipinski definition) is 1. The molecule has 0 bridgehead atoms. The predicted molar refractivity (Wildman–Crippen MR) is 72.7 cm³/mol. The molecule has 1 saturated heterocycles. The van der Waals surface area contributed by atoms with E-state index in [9.17, 15) is 0 Å². The molecule has 1 unspecified atom stereocenters. The van der Waals surface area contributed by atoms with Crippen molar-refractivity contribution in [3.8, 4) is 0 Å². The molecule has 1 aliphatic heterocycles. The third-order valence-electron chi connectivity index (χ3n) is 3.60. The third kappa shape index (κ3) is 2.52. The van der Waals surface area contributed by atoms with E-state index in [1.165, 1.54) is 12.2 Å². The molecule has 5 heteroatoms. The van der Waals surface area contributed by atoms with E-state index in [2.05, 4.69) is 16.9 Å². The molecule has 18 heavy (non-hydrogen) atoms. The average molecular weight is 252 g/mol. The van der Waals surface area contributed by atoms with Crippen molar-refractivity contribution in [2.75, 3.05) is 24.6 Å². The number of hydrogen-bond acceptors (Lipinski definition) is 4. The first-order chi connectivity index (χ1) is 8.67. The molecule has 1 aliphatic rings. The highest BCUT2D eigenvalue weighted by molar-refractivity contribution is 5.50. The van der Waals surface area contributed by atoms with E-state index < -0.39 is 0 Å². The van der Waals surface area contributed by atoms with E-state index in [1.807, 2.05) is 18.7 Å². The molecular weight excluding hydrogens is 228 g/mol. The second-order valence-corrected chi connectivity index (χ2v) is 4.88. The predicted octanol–water partition coefficient (Wildman–Crippen LogP) is 1.19. The van der Waals surface area contributed by atoms with E-state index >= 15 is 0 Å². The van der Waals surface area contributed by atoms with E-state index in [1.54, 1.807) is 0 Å². The Morgan fingerprint density at radius 2 is 2.28 bits per heavy atom. The highest BCUT2D eigenvalue weighted by Crippen LogP contribution is 2.26. The van der Waals surface area contributed by atoms with Crippen LogP contribution in [0.3, 0.4) is 0 Å². The van der Waals surface area contributed by atoms with Gasteiger partial charge in [-0.15, -0.1) is 0 Å². The molecule has 1 atom stereocenters. The number of rotatable bonds is 4. The number of piperidine rings is 1. The zero-order valence-electron chi connectivity index (χ0n) is 11.6. The number of aryl methyl sites for hydroxylation is 2. The summed E-state index contributed by atoms with van der Waals surface area (Å²) in [7, 11) is 1.99. The highest BCUT2D eigenvalue weighted by atomic mass is 16.5. The van der Waals surface area contributed by atoms with Crippen LogP contribution in [0.1, 0.15) is 31.0 Å². The molecule has 2 N–H and O–H groups in total. The zero-order valence-corrected chi connectivity index (χ0v) is 11.6. The molecule has 0 aliphatic carbocycles. The minimum absolute atomic E-state index is 0.338. The van der Waals surface area contributed by atoms with Crippen molar-refractivity contribution in [1.82, 2.24) is 9.78 Å². The first kappa shape index (κ1) is 13.4. The van der Waals surface area contributed by atoms with Gasteiger partial charge in [-0.2, -0.15) is 5.10 Å². The molecular formula is C13H24N4O. The number of nitrogens with two attached hydrogens (primary N) is 1. The molecule has 5 nitrogen and oxygen atoms in total. The van der Waals surface area contributed by atoms with Crippen molar-refractivity contribution >= 4 is 5.82 Å². The second kappa shape index (κ2) is 5.71. The van der Waals surface area contributed by atoms with Crippen LogP contribution in [0.4, 0.5) is 5.82 Å². The van der Waals surface area contributed by atoms with Crippen LogP contribution in [-0.4, -0.2) is 35.6 Å². The van der Waals surface area contributed by atoms with Crippen molar-refractivity contribution in [3.63, 3.8) is 0 Å². The van der Waals surface area contributed by atoms with Crippen molar-refractivity contribution < 1.29 is 4.74 Å². The molecule has 0 aromatic carbocycles. The van der Waals surface area contributed by atoms with E-state index in [4.69, 9.17) is 10.5 Å². The Kier molecular flexibility index (Phi) is 4.24. The van der Waals surface area contributed by atoms with Crippen LogP contribution in [0.15, 0.2) is 0 Å². The minimum Gasteiger partial charge on any atom is -0.377 e. The van der Waals surface area contributed by atoms with Crippen LogP contribution in [-0.2, 0) is 18.3 Å². The summed E-state index contributed by atoms with van der Waals surface area (Å²) in [4.78, 5) is 2.37. The Labute approximate surface area is 109 Å². The summed E-state index contributed by atoms with van der Waals surface area (Å²) in [6, 6.07) is 0. The molecule has 0 saturated carbocycles. The van der Waals surface area contributed by atoms with Crippen LogP contribution < -0.4 is 10.6 Å². The van der Waals surface area contributed by atoms with E-state index in [0.717, 1.165) is 37.4 Å². The Bertz CT molecular complexity index is 400. The van der Waals surface area contributed by atoms with Crippen LogP contribution in [0.2, 0.25) is 0 Å². The van der Waals surface area contributed by atoms with Gasteiger partial charge in [0, 0.05) is 38.9 Å². The molecule has 2 rings (SSSR count). The highest BCUT2D eigenvalue weighted by Gasteiger charge is 2.25. The lowest BCUT2D eigenvalue weighted by Gasteiger charge is -2.34. The van der Waals surface area contributed by atoms with Crippen LogP contribution in [0.5, 0.6) is 0 Å². The Morgan fingerprint density at radius 3 is 2.94 bits per heavy atom. The van der Waals surface area contributed by atoms with E-state index in [0.29, 0.717) is 12.6 Å². The maximum atomic E-state index is 5.85. The fourth-order valence-corrected chi connectivity index (χ4v) is 2.83. The Balaban J connectivity index is 2.20. The van der Waals surface area contributed by atoms with Gasteiger partial charge in [-0.1, -0.05) is 0 Å². The fraction of sp³-hybridized carbons (Fsp3) is 0.769. The molecule has 1 fully saturated rings. The second-order valence-electron chi connectivity index (χ2n) is 4.88. The van der Waals surface area contributed by atoms with Gasteiger partial charge < -0.3 is 15.4 Å². The average Bonchev–Trinajstić information content (AvgIpc) is 2.64. The van der Waals surface area contributed by atoms with Gasteiger partial charge in [-0.25, -0.2) is 0 Å². The molecule has 0 amide bonds. The topological polar surface area (TPSA) is 56.3 Å². The standard InChI is InChI=1S/C13H24N4O/c1-4-18-11-6-5-7-17(9-11)13-12(8-14)10(2)15-16(13)3/h11H,4-9,14H2,1-3H3. The molecule has 0 radical (unpaired) electrons. The SMILES string of the molecule is CCOC1CCCN(c2c(CN)c(C)nn2C)C1. The minimum atomic E-state index is 0.338. The van der Waals surface area contributed by atoms with Gasteiger partial charge in [-0.3, -0.25) is 4.68 Å². The summed E-state index contributed by atoms with van der Waals surface area (Å²) in [6.07, 6.45) is 2.66. The largest absolute Gasteiger partial charge is 0.377 e. The van der Waals surface area contributed by atoms with Gasteiger partial charge in [0.25, 0.3) is 0 Å². The monoisotopic (exact) mass is 252 g/mol. The van der Waals surface area contributed by atoms with Gasteiger partial charge in [0.2, 0.25) is 0 Å². The number of aromatic nitrogens is 2. The van der Waals surface area contributed by atoms with E-state index in [-0.39, 0.29) is 0 Å². The normalized spacial score (nSPS) is 20.4. The van der Waals surface area contributed by atoms with Gasteiger partial charge in [0.15, 0.2) is 0 Å². The number of ether oxygens (including phenoxy) is 1. The lowest BCUT2D eigenvalue weighted by molar-refractivity contribution is 0.0523. The molecule has 2 heterocycles. The van der Waals surface area contributed by atoms with Crippen molar-refractivity contribution in [2.45, 2.75) is 39.3 Å². The third-order valence-corrected chi connectivity index (χ3v) is 3.60. The van der Waals surface area contributed by atoms with Crippen LogP contribution in [0, 0.1) is 6.92 Å². The summed E-state index contributed by atoms with van der Waals surface area (Å²) < 4.78 is 7.70. The Morgan fingerprint density at radius 1 is 1.50 bits per heavy atom. The fourth-order valence-electron chi connectivity index (χ4n) is 2.83. The number of nitrogens with zero attached hydrogens (tertiary/aromatic N) is 3. The lowest BCUT2D eigenvalue weighted by Crippen LogP contribution is -2.41. The lowest BCUT2D eigenvalue weighted by atomic mass is 10.1. The summed E-state index contributed by atoms with van der Waals surface area (Å²) in [5.41, 5.74) is 8.05. The van der Waals surface area contributed by atoms with Gasteiger partial charge in [-0.05, 0) is 26.7 Å². The molecule has 1 aromatic heterocycles. The van der Waals surface area contributed by atoms with Crippen LogP contribution >= 0.6 is 0 Å². The molecule has 102 valence electrons. The van der Waals surface area contributed by atoms with Gasteiger partial charge >= 0.3 is 0 Å². The first-order valence-electron chi connectivity index (χ1n) is 6.76. The summed E-state index contributed by atoms with van der Waals surface area (Å²) in [6.45, 7) is 7.42. The van der Waals surface area contributed by atoms with Crippen molar-refractivity contribution in [1.29, 1.82) is 0 Å². The van der Waals surface area contributed by atoms with Crippen LogP contribution in [0.25, 0.3) is 0 Å². The zero-order chi connectivity index (χ0) is 13.1. The smallest absolute Gasteiger partial charge is 0.131 e.